The molecule has 2 rings (SSSR count). The number of hydrogen-bond acceptors (Lipinski definition) is 8. The molecule has 0 radical (unpaired) electrons. The number of rotatable bonds is 6. The molecular weight excluding hydrogens is 441 g/mol. The number of carbonyl (C=O) groups is 1. The lowest BCUT2D eigenvalue weighted by molar-refractivity contribution is -0.274. The molecule has 10 nitrogen and oxygen atoms in total. The number of hydrogen-bond donors (Lipinski definition) is 4. The van der Waals surface area contributed by atoms with Crippen LogP contribution in [0.25, 0.3) is 0 Å². The van der Waals surface area contributed by atoms with E-state index in [0.29, 0.717) is 0 Å². The molecule has 0 atom stereocenters. The van der Waals surface area contributed by atoms with Gasteiger partial charge in [-0.3, -0.25) is 19.8 Å². The number of hydrazine groups is 2. The molecule has 1 amide bonds. The predicted molar refractivity (Wildman–Crippen MR) is 99.3 cm³/mol. The molecule has 4 N–H and O–H groups in total. The maximum atomic E-state index is 12.7. The van der Waals surface area contributed by atoms with Gasteiger partial charge in [0.2, 0.25) is 16.0 Å². The minimum absolute atomic E-state index is 0.0450. The fraction of sp³-hybridized carbons (Fsp3) is 0.429. The molecule has 0 spiro atoms. The van der Waals surface area contributed by atoms with Gasteiger partial charge < -0.3 is 4.74 Å². The van der Waals surface area contributed by atoms with Crippen molar-refractivity contribution >= 4 is 39.2 Å². The van der Waals surface area contributed by atoms with Crippen molar-refractivity contribution < 1.29 is 31.1 Å². The third-order valence-corrected chi connectivity index (χ3v) is 5.32. The SMILES string of the molecule is CC(C)CS(=O)(=O)Nc1c(OC(F)(F)F)ccc(C(=O)NC2=NNNN2C)c1Cl. The quantitative estimate of drug-likeness (QED) is 0.510. The van der Waals surface area contributed by atoms with E-state index in [2.05, 4.69) is 26.2 Å². The molecule has 0 saturated heterocycles. The highest BCUT2D eigenvalue weighted by Crippen LogP contribution is 2.39. The molecule has 29 heavy (non-hydrogen) atoms. The highest BCUT2D eigenvalue weighted by molar-refractivity contribution is 7.92. The van der Waals surface area contributed by atoms with E-state index < -0.39 is 38.8 Å². The van der Waals surface area contributed by atoms with E-state index in [1.165, 1.54) is 12.1 Å². The second kappa shape index (κ2) is 8.51. The summed E-state index contributed by atoms with van der Waals surface area (Å²) in [6, 6.07) is 1.76. The van der Waals surface area contributed by atoms with E-state index in [4.69, 9.17) is 11.6 Å². The molecule has 1 aliphatic rings. The summed E-state index contributed by atoms with van der Waals surface area (Å²) in [6.45, 7) is 3.22. The Morgan fingerprint density at radius 1 is 1.38 bits per heavy atom. The van der Waals surface area contributed by atoms with E-state index in [1.54, 1.807) is 13.8 Å². The van der Waals surface area contributed by atoms with Crippen molar-refractivity contribution in [2.45, 2.75) is 20.2 Å². The molecular formula is C14H18ClF3N6O4S. The van der Waals surface area contributed by atoms with Crippen molar-refractivity contribution in [3.63, 3.8) is 0 Å². The molecule has 1 aliphatic heterocycles. The molecule has 1 aromatic carbocycles. The lowest BCUT2D eigenvalue weighted by Crippen LogP contribution is -2.45. The summed E-state index contributed by atoms with van der Waals surface area (Å²) in [5, 5.41) is 6.81. The number of nitrogens with zero attached hydrogens (tertiary/aromatic N) is 2. The van der Waals surface area contributed by atoms with Gasteiger partial charge >= 0.3 is 6.36 Å². The van der Waals surface area contributed by atoms with Crippen LogP contribution in [0.4, 0.5) is 18.9 Å². The molecule has 15 heteroatoms. The first kappa shape index (κ1) is 22.8. The standard InChI is InChI=1S/C14H18ClF3N6O4S/c1-7(2)6-29(26,27)21-11-9(28-14(16,17)18)5-4-8(10(11)15)12(25)19-13-20-22-23-24(13)3/h4-5,7,21-23H,6H2,1-3H3,(H,19,20,25). The summed E-state index contributed by atoms with van der Waals surface area (Å²) in [6.07, 6.45) is -5.11. The number of amides is 1. The Bertz CT molecular complexity index is 923. The van der Waals surface area contributed by atoms with Crippen LogP contribution in [0.15, 0.2) is 17.2 Å². The molecule has 0 bridgehead atoms. The van der Waals surface area contributed by atoms with E-state index in [-0.39, 0.29) is 23.2 Å². The monoisotopic (exact) mass is 458 g/mol. The van der Waals surface area contributed by atoms with Crippen molar-refractivity contribution in [3.8, 4) is 5.75 Å². The number of ether oxygens (including phenoxy) is 1. The second-order valence-corrected chi connectivity index (χ2v) is 8.44. The molecule has 1 heterocycles. The Hall–Kier alpha value is -2.45. The summed E-state index contributed by atoms with van der Waals surface area (Å²) >= 11 is 6.08. The predicted octanol–water partition coefficient (Wildman–Crippen LogP) is 1.59. The summed E-state index contributed by atoms with van der Waals surface area (Å²) in [4.78, 5) is 12.5. The van der Waals surface area contributed by atoms with E-state index in [1.807, 2.05) is 4.72 Å². The zero-order chi connectivity index (χ0) is 22.0. The second-order valence-electron chi connectivity index (χ2n) is 6.30. The van der Waals surface area contributed by atoms with Gasteiger partial charge in [-0.2, -0.15) is 0 Å². The van der Waals surface area contributed by atoms with Gasteiger partial charge in [-0.15, -0.1) is 23.8 Å². The Labute approximate surface area is 169 Å². The molecule has 0 saturated carbocycles. The van der Waals surface area contributed by atoms with E-state index >= 15 is 0 Å². The van der Waals surface area contributed by atoms with Crippen LogP contribution in [0.5, 0.6) is 5.75 Å². The zero-order valence-electron chi connectivity index (χ0n) is 15.4. The number of nitrogens with one attached hydrogen (secondary N) is 4. The van der Waals surface area contributed by atoms with Crippen LogP contribution in [-0.2, 0) is 10.0 Å². The Balaban J connectivity index is 2.43. The van der Waals surface area contributed by atoms with Gasteiger partial charge in [0.05, 0.1) is 16.3 Å². The van der Waals surface area contributed by atoms with Crippen LogP contribution in [0.2, 0.25) is 5.02 Å². The zero-order valence-corrected chi connectivity index (χ0v) is 17.0. The topological polar surface area (TPSA) is 124 Å². The number of alkyl halides is 3. The van der Waals surface area contributed by atoms with Crippen LogP contribution in [0.1, 0.15) is 24.2 Å². The van der Waals surface area contributed by atoms with Crippen molar-refractivity contribution in [3.05, 3.63) is 22.7 Å². The lowest BCUT2D eigenvalue weighted by atomic mass is 10.1. The summed E-state index contributed by atoms with van der Waals surface area (Å²) < 4.78 is 68.4. The molecule has 0 fully saturated rings. The van der Waals surface area contributed by atoms with Gasteiger partial charge in [0.25, 0.3) is 5.91 Å². The Morgan fingerprint density at radius 3 is 2.55 bits per heavy atom. The number of sulfonamides is 1. The number of carbonyl (C=O) groups excluding carboxylic acids is 1. The normalized spacial score (nSPS) is 14.5. The van der Waals surface area contributed by atoms with Gasteiger partial charge in [0.15, 0.2) is 5.75 Å². The maximum Gasteiger partial charge on any atom is 0.573 e. The highest BCUT2D eigenvalue weighted by Gasteiger charge is 2.34. The van der Waals surface area contributed by atoms with Crippen LogP contribution >= 0.6 is 11.6 Å². The number of halogens is 4. The number of hydrazone groups is 1. The Morgan fingerprint density at radius 2 is 2.03 bits per heavy atom. The van der Waals surface area contributed by atoms with Crippen LogP contribution in [0.3, 0.4) is 0 Å². The molecule has 0 aromatic heterocycles. The van der Waals surface area contributed by atoms with E-state index in [9.17, 15) is 26.4 Å². The van der Waals surface area contributed by atoms with E-state index in [0.717, 1.165) is 12.1 Å². The van der Waals surface area contributed by atoms with Crippen molar-refractivity contribution in [2.75, 3.05) is 17.5 Å². The van der Waals surface area contributed by atoms with Crippen LogP contribution in [-0.4, -0.2) is 44.5 Å². The van der Waals surface area contributed by atoms with Gasteiger partial charge in [0.1, 0.15) is 5.69 Å². The lowest BCUT2D eigenvalue weighted by Gasteiger charge is -2.19. The fourth-order valence-corrected chi connectivity index (χ4v) is 4.06. The first-order valence-corrected chi connectivity index (χ1v) is 10.0. The first-order valence-electron chi connectivity index (χ1n) is 8.01. The van der Waals surface area contributed by atoms with Gasteiger partial charge in [-0.05, 0) is 18.1 Å². The minimum Gasteiger partial charge on any atom is -0.403 e. The number of anilines is 1. The van der Waals surface area contributed by atoms with Crippen molar-refractivity contribution in [1.82, 2.24) is 21.4 Å². The largest absolute Gasteiger partial charge is 0.573 e. The van der Waals surface area contributed by atoms with Crippen molar-refractivity contribution in [1.29, 1.82) is 0 Å². The minimum atomic E-state index is -5.11. The molecule has 1 aromatic rings. The van der Waals surface area contributed by atoms with Crippen LogP contribution < -0.4 is 25.8 Å². The van der Waals surface area contributed by atoms with Gasteiger partial charge in [-0.25, -0.2) is 14.0 Å². The summed E-state index contributed by atoms with van der Waals surface area (Å²) in [5.74, 6) is -2.40. The third kappa shape index (κ3) is 6.27. The summed E-state index contributed by atoms with van der Waals surface area (Å²) in [5.41, 5.74) is 3.90. The maximum absolute atomic E-state index is 12.7. The third-order valence-electron chi connectivity index (χ3n) is 3.31. The smallest absolute Gasteiger partial charge is 0.403 e. The van der Waals surface area contributed by atoms with Crippen LogP contribution in [0, 0.1) is 5.92 Å². The average Bonchev–Trinajstić information content (AvgIpc) is 2.93. The number of guanidine groups is 1. The highest BCUT2D eigenvalue weighted by atomic mass is 35.5. The molecule has 0 aliphatic carbocycles. The average molecular weight is 459 g/mol. The molecule has 162 valence electrons. The Kier molecular flexibility index (Phi) is 6.70. The fourth-order valence-electron chi connectivity index (χ4n) is 2.24. The van der Waals surface area contributed by atoms with Gasteiger partial charge in [-0.1, -0.05) is 25.4 Å². The number of benzene rings is 1. The van der Waals surface area contributed by atoms with Crippen molar-refractivity contribution in [2.24, 2.45) is 11.0 Å². The first-order chi connectivity index (χ1) is 13.3. The van der Waals surface area contributed by atoms with Gasteiger partial charge in [0, 0.05) is 7.05 Å². The molecule has 0 unspecified atom stereocenters. The summed E-state index contributed by atoms with van der Waals surface area (Å²) in [7, 11) is -2.55.